The Labute approximate surface area is 269 Å². The molecule has 7 nitrogen and oxygen atoms in total. The van der Waals surface area contributed by atoms with Crippen LogP contribution in [0.25, 0.3) is 0 Å². The summed E-state index contributed by atoms with van der Waals surface area (Å²) in [7, 11) is -4.16. The number of halogens is 1. The van der Waals surface area contributed by atoms with Crippen molar-refractivity contribution in [3.8, 4) is 0 Å². The molecule has 0 aliphatic heterocycles. The molecular weight excluding hydrogens is 638 g/mol. The maximum absolute atomic E-state index is 14.5. The van der Waals surface area contributed by atoms with Crippen molar-refractivity contribution in [1.82, 2.24) is 10.2 Å². The third-order valence-corrected chi connectivity index (χ3v) is 9.57. The molecule has 0 fully saturated rings. The summed E-state index contributed by atoms with van der Waals surface area (Å²) >= 11 is 3.44. The molecule has 0 aromatic heterocycles. The number of nitrogens with zero attached hydrogens (tertiary/aromatic N) is 2. The van der Waals surface area contributed by atoms with Crippen molar-refractivity contribution in [3.05, 3.63) is 130 Å². The van der Waals surface area contributed by atoms with Gasteiger partial charge >= 0.3 is 0 Å². The van der Waals surface area contributed by atoms with Crippen molar-refractivity contribution in [1.29, 1.82) is 0 Å². The topological polar surface area (TPSA) is 86.8 Å². The highest BCUT2D eigenvalue weighted by Gasteiger charge is 2.35. The minimum absolute atomic E-state index is 0.0692. The molecule has 1 unspecified atom stereocenters. The highest BCUT2D eigenvalue weighted by atomic mass is 79.9. The number of carbonyl (C=O) groups excluding carboxylic acids is 2. The molecule has 0 saturated carbocycles. The zero-order valence-electron chi connectivity index (χ0n) is 25.4. The minimum Gasteiger partial charge on any atom is -0.352 e. The normalized spacial score (nSPS) is 12.0. The van der Waals surface area contributed by atoms with Crippen molar-refractivity contribution in [2.45, 2.75) is 57.6 Å². The van der Waals surface area contributed by atoms with Crippen molar-refractivity contribution in [3.63, 3.8) is 0 Å². The number of carbonyl (C=O) groups is 2. The molecule has 9 heteroatoms. The standard InChI is InChI=1S/C35H38BrN3O4S/c1-25(2)37-35(41)33(21-28-12-6-5-7-13-28)38(23-29-14-9-8-11-27(29)4)34(40)24-39(31-16-10-15-30(36)22-31)44(42,43)32-19-17-26(3)18-20-32/h5-20,22,25,33H,21,23-24H2,1-4H3,(H,37,41). The van der Waals surface area contributed by atoms with Gasteiger partial charge in [-0.3, -0.25) is 13.9 Å². The number of benzene rings is 4. The molecule has 4 aromatic rings. The van der Waals surface area contributed by atoms with Crippen LogP contribution in [-0.2, 0) is 32.6 Å². The van der Waals surface area contributed by atoms with Gasteiger partial charge in [0.05, 0.1) is 10.6 Å². The van der Waals surface area contributed by atoms with Crippen LogP contribution in [0.3, 0.4) is 0 Å². The molecule has 0 heterocycles. The summed E-state index contributed by atoms with van der Waals surface area (Å²) in [5.74, 6) is -0.801. The second-order valence-corrected chi connectivity index (χ2v) is 13.9. The third kappa shape index (κ3) is 8.36. The van der Waals surface area contributed by atoms with Gasteiger partial charge in [0.1, 0.15) is 12.6 Å². The Kier molecular flexibility index (Phi) is 11.0. The molecule has 0 radical (unpaired) electrons. The molecule has 1 N–H and O–H groups in total. The molecule has 0 aliphatic carbocycles. The lowest BCUT2D eigenvalue weighted by Gasteiger charge is -2.34. The molecule has 2 amide bonds. The number of hydrogen-bond acceptors (Lipinski definition) is 4. The van der Waals surface area contributed by atoms with E-state index in [2.05, 4.69) is 21.2 Å². The van der Waals surface area contributed by atoms with Crippen LogP contribution in [0.4, 0.5) is 5.69 Å². The SMILES string of the molecule is Cc1ccc(S(=O)(=O)N(CC(=O)N(Cc2ccccc2C)C(Cc2ccccc2)C(=O)NC(C)C)c2cccc(Br)c2)cc1. The van der Waals surface area contributed by atoms with E-state index in [1.807, 2.05) is 82.3 Å². The first kappa shape index (κ1) is 33.0. The van der Waals surface area contributed by atoms with Gasteiger partial charge in [-0.05, 0) is 74.7 Å². The summed E-state index contributed by atoms with van der Waals surface area (Å²) in [5, 5.41) is 2.98. The molecule has 4 aromatic carbocycles. The van der Waals surface area contributed by atoms with Gasteiger partial charge in [0.2, 0.25) is 11.8 Å². The Morgan fingerprint density at radius 1 is 0.841 bits per heavy atom. The molecule has 230 valence electrons. The van der Waals surface area contributed by atoms with Gasteiger partial charge in [0.25, 0.3) is 10.0 Å². The van der Waals surface area contributed by atoms with Gasteiger partial charge in [0, 0.05) is 23.5 Å². The van der Waals surface area contributed by atoms with Gasteiger partial charge in [-0.1, -0.05) is 94.3 Å². The zero-order chi connectivity index (χ0) is 31.9. The fraction of sp³-hybridized carbons (Fsp3) is 0.257. The van der Waals surface area contributed by atoms with E-state index >= 15 is 0 Å². The van der Waals surface area contributed by atoms with E-state index in [9.17, 15) is 18.0 Å². The number of nitrogens with one attached hydrogen (secondary N) is 1. The first-order valence-corrected chi connectivity index (χ1v) is 16.7. The second kappa shape index (κ2) is 14.7. The van der Waals surface area contributed by atoms with Gasteiger partial charge in [-0.25, -0.2) is 8.42 Å². The Morgan fingerprint density at radius 2 is 1.50 bits per heavy atom. The van der Waals surface area contributed by atoms with Crippen molar-refractivity contribution >= 4 is 43.5 Å². The van der Waals surface area contributed by atoms with Gasteiger partial charge in [-0.15, -0.1) is 0 Å². The number of anilines is 1. The average Bonchev–Trinajstić information content (AvgIpc) is 2.98. The highest BCUT2D eigenvalue weighted by Crippen LogP contribution is 2.28. The predicted molar refractivity (Wildman–Crippen MR) is 179 cm³/mol. The first-order chi connectivity index (χ1) is 21.0. The molecular formula is C35H38BrN3O4S. The van der Waals surface area contributed by atoms with Crippen LogP contribution in [0.5, 0.6) is 0 Å². The van der Waals surface area contributed by atoms with E-state index in [-0.39, 0.29) is 29.8 Å². The van der Waals surface area contributed by atoms with Crippen LogP contribution in [0.2, 0.25) is 0 Å². The van der Waals surface area contributed by atoms with Gasteiger partial charge in [0.15, 0.2) is 0 Å². The Balaban J connectivity index is 1.82. The van der Waals surface area contributed by atoms with E-state index < -0.39 is 28.5 Å². The van der Waals surface area contributed by atoms with Crippen LogP contribution < -0.4 is 9.62 Å². The number of amides is 2. The average molecular weight is 677 g/mol. The lowest BCUT2D eigenvalue weighted by atomic mass is 10.0. The summed E-state index contributed by atoms with van der Waals surface area (Å²) in [4.78, 5) is 29.9. The first-order valence-electron chi connectivity index (χ1n) is 14.5. The van der Waals surface area contributed by atoms with Crippen molar-refractivity contribution in [2.24, 2.45) is 0 Å². The summed E-state index contributed by atoms with van der Waals surface area (Å²) < 4.78 is 30.0. The van der Waals surface area contributed by atoms with Gasteiger partial charge < -0.3 is 10.2 Å². The van der Waals surface area contributed by atoms with Gasteiger partial charge in [-0.2, -0.15) is 0 Å². The fourth-order valence-electron chi connectivity index (χ4n) is 4.90. The number of hydrogen-bond donors (Lipinski definition) is 1. The summed E-state index contributed by atoms with van der Waals surface area (Å²) in [5.41, 5.74) is 3.96. The van der Waals surface area contributed by atoms with E-state index in [1.54, 1.807) is 48.5 Å². The van der Waals surface area contributed by atoms with Crippen LogP contribution in [0.1, 0.15) is 36.1 Å². The number of sulfonamides is 1. The van der Waals surface area contributed by atoms with Crippen LogP contribution in [-0.4, -0.2) is 43.8 Å². The summed E-state index contributed by atoms with van der Waals surface area (Å²) in [6.45, 7) is 7.20. The summed E-state index contributed by atoms with van der Waals surface area (Å²) in [6, 6.07) is 29.5. The Hall–Kier alpha value is -3.95. The van der Waals surface area contributed by atoms with E-state index in [0.29, 0.717) is 10.2 Å². The molecule has 0 spiro atoms. The largest absolute Gasteiger partial charge is 0.352 e. The Bertz CT molecular complexity index is 1690. The zero-order valence-corrected chi connectivity index (χ0v) is 27.8. The molecule has 4 rings (SSSR count). The number of aryl methyl sites for hydroxylation is 2. The van der Waals surface area contributed by atoms with E-state index in [0.717, 1.165) is 26.6 Å². The number of rotatable bonds is 12. The molecule has 0 aliphatic rings. The van der Waals surface area contributed by atoms with Crippen LogP contribution >= 0.6 is 15.9 Å². The van der Waals surface area contributed by atoms with Crippen LogP contribution in [0.15, 0.2) is 112 Å². The lowest BCUT2D eigenvalue weighted by molar-refractivity contribution is -0.140. The fourth-order valence-corrected chi connectivity index (χ4v) is 6.70. The second-order valence-electron chi connectivity index (χ2n) is 11.1. The highest BCUT2D eigenvalue weighted by molar-refractivity contribution is 9.10. The molecule has 0 bridgehead atoms. The monoisotopic (exact) mass is 675 g/mol. The quantitative estimate of drug-likeness (QED) is 0.188. The lowest BCUT2D eigenvalue weighted by Crippen LogP contribution is -2.54. The minimum atomic E-state index is -4.16. The molecule has 44 heavy (non-hydrogen) atoms. The van der Waals surface area contributed by atoms with Crippen molar-refractivity contribution < 1.29 is 18.0 Å². The summed E-state index contributed by atoms with van der Waals surface area (Å²) in [6.07, 6.45) is 0.263. The molecule has 0 saturated heterocycles. The molecule has 1 atom stereocenters. The van der Waals surface area contributed by atoms with E-state index in [1.165, 1.54) is 4.90 Å². The van der Waals surface area contributed by atoms with Crippen molar-refractivity contribution in [2.75, 3.05) is 10.8 Å². The Morgan fingerprint density at radius 3 is 2.14 bits per heavy atom. The third-order valence-electron chi connectivity index (χ3n) is 7.29. The predicted octanol–water partition coefficient (Wildman–Crippen LogP) is 6.43. The van der Waals surface area contributed by atoms with Crippen LogP contribution in [0, 0.1) is 13.8 Å². The maximum atomic E-state index is 14.5. The van der Waals surface area contributed by atoms with E-state index in [4.69, 9.17) is 0 Å². The smallest absolute Gasteiger partial charge is 0.264 e. The maximum Gasteiger partial charge on any atom is 0.264 e.